The number of allylic oxidation sites excluding steroid dienone is 1. The summed E-state index contributed by atoms with van der Waals surface area (Å²) in [5.41, 5.74) is 2.23. The highest BCUT2D eigenvalue weighted by Gasteiger charge is 2.21. The molecule has 0 saturated carbocycles. The molecule has 6 nitrogen and oxygen atoms in total. The highest BCUT2D eigenvalue weighted by Crippen LogP contribution is 2.30. The lowest BCUT2D eigenvalue weighted by Gasteiger charge is -2.10. The van der Waals surface area contributed by atoms with Crippen molar-refractivity contribution >= 4 is 17.8 Å². The summed E-state index contributed by atoms with van der Waals surface area (Å²) in [5, 5.41) is 0. The van der Waals surface area contributed by atoms with Gasteiger partial charge in [-0.15, -0.1) is 0 Å². The minimum absolute atomic E-state index is 0.0996. The molecule has 1 aromatic carbocycles. The van der Waals surface area contributed by atoms with Crippen LogP contribution in [0.1, 0.15) is 44.6 Å². The highest BCUT2D eigenvalue weighted by molar-refractivity contribution is 6.10. The summed E-state index contributed by atoms with van der Waals surface area (Å²) in [6, 6.07) is 4.33. The molecule has 150 valence electrons. The van der Waals surface area contributed by atoms with Crippen LogP contribution in [0.15, 0.2) is 24.3 Å². The molecule has 0 atom stereocenters. The summed E-state index contributed by atoms with van der Waals surface area (Å²) in [6.07, 6.45) is 2.85. The van der Waals surface area contributed by atoms with Crippen LogP contribution in [0.2, 0.25) is 0 Å². The van der Waals surface area contributed by atoms with Gasteiger partial charge in [0.25, 0.3) is 0 Å². The maximum absolute atomic E-state index is 12.6. The maximum atomic E-state index is 12.6. The van der Waals surface area contributed by atoms with Gasteiger partial charge in [0.15, 0.2) is 17.3 Å². The van der Waals surface area contributed by atoms with Crippen molar-refractivity contribution < 1.29 is 32.6 Å². The fraction of sp³-hybridized carbons (Fsp3) is 0.300. The van der Waals surface area contributed by atoms with Gasteiger partial charge in [0, 0.05) is 11.3 Å². The molecule has 28 heavy (non-hydrogen) atoms. The van der Waals surface area contributed by atoms with Gasteiger partial charge in [-0.1, -0.05) is 12.1 Å². The van der Waals surface area contributed by atoms with E-state index in [1.807, 2.05) is 0 Å². The Labute approximate surface area is 161 Å². The summed E-state index contributed by atoms with van der Waals surface area (Å²) in [7, 11) is 1.33. The van der Waals surface area contributed by atoms with Crippen LogP contribution in [0, 0.1) is 13.8 Å². The molecular formula is C20H21F2NO5. The highest BCUT2D eigenvalue weighted by atomic mass is 19.3. The molecule has 8 heteroatoms. The van der Waals surface area contributed by atoms with Crippen LogP contribution in [0.5, 0.6) is 11.5 Å². The van der Waals surface area contributed by atoms with E-state index in [9.17, 15) is 18.4 Å². The van der Waals surface area contributed by atoms with Gasteiger partial charge in [0.1, 0.15) is 5.69 Å². The number of benzene rings is 1. The first-order valence-electron chi connectivity index (χ1n) is 8.50. The SMILES string of the molecule is CCOC(=O)c1[nH]c(C)c(C(=O)C=Cc2ccc(OC(F)F)c(OC)c2)c1C. The number of aromatic amines is 1. The molecule has 0 radical (unpaired) electrons. The van der Waals surface area contributed by atoms with Crippen molar-refractivity contribution in [2.75, 3.05) is 13.7 Å². The number of methoxy groups -OCH3 is 1. The van der Waals surface area contributed by atoms with Gasteiger partial charge in [-0.2, -0.15) is 8.78 Å². The van der Waals surface area contributed by atoms with Crippen molar-refractivity contribution in [3.8, 4) is 11.5 Å². The topological polar surface area (TPSA) is 77.6 Å². The van der Waals surface area contributed by atoms with Crippen molar-refractivity contribution in [1.29, 1.82) is 0 Å². The summed E-state index contributed by atoms with van der Waals surface area (Å²) in [5.74, 6) is -0.815. The van der Waals surface area contributed by atoms with Crippen LogP contribution < -0.4 is 9.47 Å². The Morgan fingerprint density at radius 3 is 2.54 bits per heavy atom. The molecule has 0 amide bonds. The van der Waals surface area contributed by atoms with Gasteiger partial charge in [-0.25, -0.2) is 4.79 Å². The molecule has 1 heterocycles. The van der Waals surface area contributed by atoms with E-state index in [2.05, 4.69) is 9.72 Å². The predicted octanol–water partition coefficient (Wildman–Crippen LogP) is 4.31. The number of hydrogen-bond acceptors (Lipinski definition) is 5. The molecule has 0 aliphatic carbocycles. The number of H-pyrrole nitrogens is 1. The molecule has 0 unspecified atom stereocenters. The van der Waals surface area contributed by atoms with Gasteiger partial charge < -0.3 is 19.2 Å². The first-order valence-corrected chi connectivity index (χ1v) is 8.50. The van der Waals surface area contributed by atoms with E-state index in [0.29, 0.717) is 22.4 Å². The van der Waals surface area contributed by atoms with Crippen molar-refractivity contribution in [2.45, 2.75) is 27.4 Å². The molecule has 0 spiro atoms. The first-order chi connectivity index (χ1) is 13.3. The van der Waals surface area contributed by atoms with Crippen LogP contribution in [0.4, 0.5) is 8.78 Å². The van der Waals surface area contributed by atoms with Crippen molar-refractivity contribution in [2.24, 2.45) is 0 Å². The number of carbonyl (C=O) groups is 2. The van der Waals surface area contributed by atoms with Gasteiger partial charge in [0.05, 0.1) is 13.7 Å². The smallest absolute Gasteiger partial charge is 0.387 e. The average molecular weight is 393 g/mol. The molecular weight excluding hydrogens is 372 g/mol. The Morgan fingerprint density at radius 2 is 1.93 bits per heavy atom. The van der Waals surface area contributed by atoms with E-state index in [1.54, 1.807) is 20.8 Å². The minimum atomic E-state index is -2.97. The second-order valence-electron chi connectivity index (χ2n) is 5.83. The van der Waals surface area contributed by atoms with Crippen LogP contribution in [0.3, 0.4) is 0 Å². The lowest BCUT2D eigenvalue weighted by atomic mass is 10.0. The number of esters is 1. The summed E-state index contributed by atoms with van der Waals surface area (Å²) >= 11 is 0. The summed E-state index contributed by atoms with van der Waals surface area (Å²) in [6.45, 7) is 2.31. The normalized spacial score (nSPS) is 11.1. The zero-order valence-electron chi connectivity index (χ0n) is 16.0. The average Bonchev–Trinajstić information content (AvgIpc) is 2.94. The van der Waals surface area contributed by atoms with Gasteiger partial charge >= 0.3 is 12.6 Å². The number of halogens is 2. The molecule has 2 aromatic rings. The van der Waals surface area contributed by atoms with E-state index in [-0.39, 0.29) is 29.6 Å². The van der Waals surface area contributed by atoms with Gasteiger partial charge in [0.2, 0.25) is 0 Å². The molecule has 1 aromatic heterocycles. The maximum Gasteiger partial charge on any atom is 0.387 e. The number of aryl methyl sites for hydroxylation is 1. The second kappa shape index (κ2) is 9.16. The van der Waals surface area contributed by atoms with Crippen molar-refractivity contribution in [3.63, 3.8) is 0 Å². The van der Waals surface area contributed by atoms with Gasteiger partial charge in [-0.3, -0.25) is 4.79 Å². The van der Waals surface area contributed by atoms with Crippen molar-refractivity contribution in [3.05, 3.63) is 52.4 Å². The first kappa shape index (κ1) is 21.1. The van der Waals surface area contributed by atoms with Crippen molar-refractivity contribution in [1.82, 2.24) is 4.98 Å². The predicted molar refractivity (Wildman–Crippen MR) is 99.2 cm³/mol. The third-order valence-electron chi connectivity index (χ3n) is 3.99. The zero-order chi connectivity index (χ0) is 20.8. The molecule has 0 aliphatic rings. The fourth-order valence-electron chi connectivity index (χ4n) is 2.76. The van der Waals surface area contributed by atoms with Crippen LogP contribution in [-0.2, 0) is 4.74 Å². The third kappa shape index (κ3) is 4.76. The number of ketones is 1. The second-order valence-corrected chi connectivity index (χ2v) is 5.83. The monoisotopic (exact) mass is 393 g/mol. The number of rotatable bonds is 8. The number of nitrogens with one attached hydrogen (secondary N) is 1. The zero-order valence-corrected chi connectivity index (χ0v) is 16.0. The Hall–Kier alpha value is -3.16. The molecule has 0 bridgehead atoms. The standard InChI is InChI=1S/C20H21F2NO5/c1-5-27-19(25)18-11(2)17(12(3)23-18)14(24)8-6-13-7-9-15(28-20(21)22)16(10-13)26-4/h6-10,20,23H,5H2,1-4H3. The molecule has 2 rings (SSSR count). The Kier molecular flexibility index (Phi) is 6.92. The Morgan fingerprint density at radius 1 is 1.21 bits per heavy atom. The van der Waals surface area contributed by atoms with Crippen LogP contribution >= 0.6 is 0 Å². The third-order valence-corrected chi connectivity index (χ3v) is 3.99. The van der Waals surface area contributed by atoms with E-state index in [1.165, 1.54) is 37.5 Å². The van der Waals surface area contributed by atoms with E-state index in [4.69, 9.17) is 9.47 Å². The van der Waals surface area contributed by atoms with E-state index < -0.39 is 12.6 Å². The Balaban J connectivity index is 2.25. The van der Waals surface area contributed by atoms with E-state index >= 15 is 0 Å². The number of alkyl halides is 2. The quantitative estimate of drug-likeness (QED) is 0.411. The number of carbonyl (C=O) groups excluding carboxylic acids is 2. The van der Waals surface area contributed by atoms with Crippen LogP contribution in [-0.4, -0.2) is 37.1 Å². The largest absolute Gasteiger partial charge is 0.493 e. The van der Waals surface area contributed by atoms with Gasteiger partial charge in [-0.05, 0) is 50.1 Å². The van der Waals surface area contributed by atoms with E-state index in [0.717, 1.165) is 0 Å². The minimum Gasteiger partial charge on any atom is -0.493 e. The molecule has 0 fully saturated rings. The fourth-order valence-corrected chi connectivity index (χ4v) is 2.76. The molecule has 0 saturated heterocycles. The summed E-state index contributed by atoms with van der Waals surface area (Å²) in [4.78, 5) is 27.4. The summed E-state index contributed by atoms with van der Waals surface area (Å²) < 4.78 is 39.2. The lowest BCUT2D eigenvalue weighted by molar-refractivity contribution is -0.0512. The number of ether oxygens (including phenoxy) is 3. The number of hydrogen-bond donors (Lipinski definition) is 1. The number of aromatic nitrogens is 1. The Bertz CT molecular complexity index is 902. The van der Waals surface area contributed by atoms with Crippen LogP contribution in [0.25, 0.3) is 6.08 Å². The molecule has 0 aliphatic heterocycles. The molecule has 1 N–H and O–H groups in total. The lowest BCUT2D eigenvalue weighted by Crippen LogP contribution is -2.07.